The molecule has 92 valence electrons. The lowest BCUT2D eigenvalue weighted by Gasteiger charge is -2.07. The predicted octanol–water partition coefficient (Wildman–Crippen LogP) is 1.58. The number of ether oxygens (including phenoxy) is 2. The minimum atomic E-state index is -4.07. The number of alkyl halides is 3. The second-order valence-corrected chi connectivity index (χ2v) is 3.07. The molecule has 0 saturated carbocycles. The Hall–Kier alpha value is -0.330. The van der Waals surface area contributed by atoms with Crippen LogP contribution in [-0.2, 0) is 9.47 Å². The van der Waals surface area contributed by atoms with Crippen LogP contribution in [0, 0.1) is 0 Å². The van der Waals surface area contributed by atoms with Gasteiger partial charge in [-0.1, -0.05) is 0 Å². The van der Waals surface area contributed by atoms with E-state index in [1.54, 1.807) is 7.11 Å². The summed E-state index contributed by atoms with van der Waals surface area (Å²) < 4.78 is 44.9. The fraction of sp³-hybridized carbons (Fsp3) is 1.00. The maximum Gasteiger partial charge on any atom is 0.389 e. The van der Waals surface area contributed by atoms with Crippen molar-refractivity contribution in [3.63, 3.8) is 0 Å². The molecule has 0 rings (SSSR count). The number of rotatable bonds is 9. The molecule has 6 heteroatoms. The highest BCUT2D eigenvalue weighted by Gasteiger charge is 2.25. The first-order chi connectivity index (χ1) is 7.06. The second-order valence-electron chi connectivity index (χ2n) is 3.07. The fourth-order valence-corrected chi connectivity index (χ4v) is 0.920. The van der Waals surface area contributed by atoms with Gasteiger partial charge in [0, 0.05) is 33.2 Å². The SMILES string of the molecule is COCCNCCOCCCC(F)(F)F. The van der Waals surface area contributed by atoms with E-state index in [0.717, 1.165) is 6.54 Å². The molecule has 0 saturated heterocycles. The van der Waals surface area contributed by atoms with Crippen LogP contribution < -0.4 is 5.32 Å². The van der Waals surface area contributed by atoms with E-state index in [-0.39, 0.29) is 13.0 Å². The maximum atomic E-state index is 11.7. The first kappa shape index (κ1) is 14.7. The molecule has 15 heavy (non-hydrogen) atoms. The Morgan fingerprint density at radius 3 is 2.33 bits per heavy atom. The topological polar surface area (TPSA) is 30.5 Å². The van der Waals surface area contributed by atoms with Crippen LogP contribution in [0.15, 0.2) is 0 Å². The van der Waals surface area contributed by atoms with Gasteiger partial charge >= 0.3 is 6.18 Å². The van der Waals surface area contributed by atoms with Gasteiger partial charge in [0.05, 0.1) is 13.2 Å². The summed E-state index contributed by atoms with van der Waals surface area (Å²) in [4.78, 5) is 0. The highest BCUT2D eigenvalue weighted by Crippen LogP contribution is 2.20. The largest absolute Gasteiger partial charge is 0.389 e. The zero-order valence-electron chi connectivity index (χ0n) is 8.90. The van der Waals surface area contributed by atoms with Crippen molar-refractivity contribution >= 4 is 0 Å². The van der Waals surface area contributed by atoms with Crippen LogP contribution in [0.1, 0.15) is 12.8 Å². The molecule has 0 aliphatic heterocycles. The third-order valence-corrected chi connectivity index (χ3v) is 1.66. The Balaban J connectivity index is 2.99. The van der Waals surface area contributed by atoms with Gasteiger partial charge in [-0.3, -0.25) is 0 Å². The molecule has 0 heterocycles. The first-order valence-corrected chi connectivity index (χ1v) is 4.90. The Morgan fingerprint density at radius 1 is 1.07 bits per heavy atom. The lowest BCUT2D eigenvalue weighted by Crippen LogP contribution is -2.23. The molecule has 0 aliphatic carbocycles. The molecule has 0 amide bonds. The van der Waals surface area contributed by atoms with Crippen molar-refractivity contribution in [3.05, 3.63) is 0 Å². The average molecular weight is 229 g/mol. The second kappa shape index (κ2) is 8.94. The van der Waals surface area contributed by atoms with Gasteiger partial charge in [0.1, 0.15) is 0 Å². The van der Waals surface area contributed by atoms with Gasteiger partial charge in [0.15, 0.2) is 0 Å². The molecule has 3 nitrogen and oxygen atoms in total. The highest BCUT2D eigenvalue weighted by atomic mass is 19.4. The summed E-state index contributed by atoms with van der Waals surface area (Å²) in [5.41, 5.74) is 0. The van der Waals surface area contributed by atoms with E-state index in [2.05, 4.69) is 5.32 Å². The van der Waals surface area contributed by atoms with Crippen LogP contribution in [0.25, 0.3) is 0 Å². The Bertz CT molecular complexity index is 142. The number of hydrogen-bond acceptors (Lipinski definition) is 3. The van der Waals surface area contributed by atoms with E-state index in [0.29, 0.717) is 19.8 Å². The van der Waals surface area contributed by atoms with Gasteiger partial charge in [-0.15, -0.1) is 0 Å². The molecule has 0 aromatic heterocycles. The normalized spacial score (nSPS) is 12.0. The third kappa shape index (κ3) is 13.7. The molecule has 0 fully saturated rings. The summed E-state index contributed by atoms with van der Waals surface area (Å²) in [7, 11) is 1.61. The summed E-state index contributed by atoms with van der Waals surface area (Å²) in [5, 5.41) is 3.02. The quantitative estimate of drug-likeness (QED) is 0.609. The van der Waals surface area contributed by atoms with E-state index >= 15 is 0 Å². The third-order valence-electron chi connectivity index (χ3n) is 1.66. The van der Waals surface area contributed by atoms with E-state index in [9.17, 15) is 13.2 Å². The highest BCUT2D eigenvalue weighted by molar-refractivity contribution is 4.50. The molecule has 0 spiro atoms. The minimum absolute atomic E-state index is 0.0293. The molecule has 0 aromatic rings. The zero-order valence-corrected chi connectivity index (χ0v) is 8.90. The zero-order chi connectivity index (χ0) is 11.6. The molecule has 0 atom stereocenters. The van der Waals surface area contributed by atoms with Crippen LogP contribution in [0.2, 0.25) is 0 Å². The van der Waals surface area contributed by atoms with Crippen molar-refractivity contribution in [1.29, 1.82) is 0 Å². The summed E-state index contributed by atoms with van der Waals surface area (Å²) >= 11 is 0. The van der Waals surface area contributed by atoms with Gasteiger partial charge < -0.3 is 14.8 Å². The van der Waals surface area contributed by atoms with Gasteiger partial charge in [0.2, 0.25) is 0 Å². The van der Waals surface area contributed by atoms with E-state index in [4.69, 9.17) is 9.47 Å². The molecule has 0 aliphatic rings. The van der Waals surface area contributed by atoms with Gasteiger partial charge in [-0.05, 0) is 6.42 Å². The Labute approximate surface area is 87.9 Å². The summed E-state index contributed by atoms with van der Waals surface area (Å²) in [6, 6.07) is 0. The lowest BCUT2D eigenvalue weighted by atomic mass is 10.3. The van der Waals surface area contributed by atoms with Crippen LogP contribution in [0.5, 0.6) is 0 Å². The minimum Gasteiger partial charge on any atom is -0.383 e. The van der Waals surface area contributed by atoms with Gasteiger partial charge in [-0.2, -0.15) is 13.2 Å². The van der Waals surface area contributed by atoms with Crippen LogP contribution in [-0.4, -0.2) is 46.2 Å². The molecular weight excluding hydrogens is 211 g/mol. The van der Waals surface area contributed by atoms with Crippen molar-refractivity contribution in [3.8, 4) is 0 Å². The van der Waals surface area contributed by atoms with E-state index < -0.39 is 12.6 Å². The van der Waals surface area contributed by atoms with Crippen LogP contribution >= 0.6 is 0 Å². The molecule has 0 bridgehead atoms. The van der Waals surface area contributed by atoms with Crippen LogP contribution in [0.3, 0.4) is 0 Å². The van der Waals surface area contributed by atoms with Crippen molar-refractivity contribution in [2.75, 3.05) is 40.0 Å². The fourth-order valence-electron chi connectivity index (χ4n) is 0.920. The van der Waals surface area contributed by atoms with Crippen molar-refractivity contribution in [1.82, 2.24) is 5.32 Å². The maximum absolute atomic E-state index is 11.7. The standard InChI is InChI=1S/C9H18F3NO2/c1-14-7-4-13-5-8-15-6-2-3-9(10,11)12/h13H,2-8H2,1H3. The lowest BCUT2D eigenvalue weighted by molar-refractivity contribution is -0.137. The van der Waals surface area contributed by atoms with Crippen molar-refractivity contribution < 1.29 is 22.6 Å². The van der Waals surface area contributed by atoms with Crippen molar-refractivity contribution in [2.45, 2.75) is 19.0 Å². The molecule has 0 aromatic carbocycles. The number of hydrogen-bond donors (Lipinski definition) is 1. The van der Waals surface area contributed by atoms with E-state index in [1.165, 1.54) is 0 Å². The van der Waals surface area contributed by atoms with E-state index in [1.807, 2.05) is 0 Å². The molecule has 1 N–H and O–H groups in total. The molecular formula is C9H18F3NO2. The Morgan fingerprint density at radius 2 is 1.73 bits per heavy atom. The summed E-state index contributed by atoms with van der Waals surface area (Å²) in [6.45, 7) is 2.57. The summed E-state index contributed by atoms with van der Waals surface area (Å²) in [6.07, 6.45) is -4.81. The first-order valence-electron chi connectivity index (χ1n) is 4.90. The number of methoxy groups -OCH3 is 1. The summed E-state index contributed by atoms with van der Waals surface area (Å²) in [5.74, 6) is 0. The van der Waals surface area contributed by atoms with Gasteiger partial charge in [0.25, 0.3) is 0 Å². The molecule has 0 unspecified atom stereocenters. The van der Waals surface area contributed by atoms with Crippen LogP contribution in [0.4, 0.5) is 13.2 Å². The van der Waals surface area contributed by atoms with Crippen molar-refractivity contribution in [2.24, 2.45) is 0 Å². The predicted molar refractivity (Wildman–Crippen MR) is 50.9 cm³/mol. The van der Waals surface area contributed by atoms with Gasteiger partial charge in [-0.25, -0.2) is 0 Å². The number of halogens is 3. The smallest absolute Gasteiger partial charge is 0.383 e. The monoisotopic (exact) mass is 229 g/mol. The Kier molecular flexibility index (Phi) is 8.74. The average Bonchev–Trinajstić information content (AvgIpc) is 2.14. The molecule has 0 radical (unpaired) electrons. The number of nitrogens with one attached hydrogen (secondary N) is 1.